The van der Waals surface area contributed by atoms with Crippen LogP contribution in [0.2, 0.25) is 0 Å². The summed E-state index contributed by atoms with van der Waals surface area (Å²) in [6, 6.07) is 21.8. The van der Waals surface area contributed by atoms with Crippen molar-refractivity contribution >= 4 is 143 Å². The number of fused-ring (bicyclic) bond motifs is 1. The second-order valence-electron chi connectivity index (χ2n) is 15.4. The Hall–Kier alpha value is -5.67. The van der Waals surface area contributed by atoms with Gasteiger partial charge in [0.2, 0.25) is 57.9 Å². The van der Waals surface area contributed by atoms with Crippen molar-refractivity contribution in [3.8, 4) is 0 Å². The van der Waals surface area contributed by atoms with Gasteiger partial charge in [0.25, 0.3) is 11.0 Å². The first-order valence-electron chi connectivity index (χ1n) is 22.0. The van der Waals surface area contributed by atoms with E-state index in [2.05, 4.69) is 68.4 Å². The second kappa shape index (κ2) is 28.2. The third-order valence-corrected chi connectivity index (χ3v) is 17.3. The van der Waals surface area contributed by atoms with Gasteiger partial charge in [-0.1, -0.05) is 24.3 Å². The van der Waals surface area contributed by atoms with Crippen LogP contribution in [0.4, 0.5) is 46.3 Å². The van der Waals surface area contributed by atoms with Crippen molar-refractivity contribution in [2.75, 3.05) is 68.6 Å². The molecule has 0 fully saturated rings. The molecule has 428 valence electrons. The van der Waals surface area contributed by atoms with Gasteiger partial charge in [-0.15, -0.1) is 0 Å². The van der Waals surface area contributed by atoms with Crippen molar-refractivity contribution in [2.24, 2.45) is 10.2 Å². The maximum atomic E-state index is 13.7. The first-order chi connectivity index (χ1) is 37.4. The van der Waals surface area contributed by atoms with Crippen LogP contribution in [-0.2, 0) is 78.2 Å². The average Bonchev–Trinajstić information content (AvgIpc) is 3.59. The number of nitrogens with one attached hydrogen (secondary N) is 7. The zero-order valence-electron chi connectivity index (χ0n) is 40.3. The number of anilines is 6. The molecule has 0 aliphatic rings. The molecule has 0 bridgehead atoms. The van der Waals surface area contributed by atoms with E-state index in [9.17, 15) is 50.5 Å². The Balaban J connectivity index is 1.33. The van der Waals surface area contributed by atoms with Gasteiger partial charge in [-0.25, -0.2) is 65.2 Å². The highest BCUT2D eigenvalue weighted by Gasteiger charge is 2.25. The van der Waals surface area contributed by atoms with Gasteiger partial charge in [-0.05, 0) is 85.3 Å². The number of rotatable bonds is 32. The fraction of sp³-hybridized carbons (Fsp3) is 0.225. The molecule has 0 saturated carbocycles. The summed E-state index contributed by atoms with van der Waals surface area (Å²) in [7, 11) is -25.5. The number of thiol groups is 1. The molecular weight excluding hydrogens is 1210 g/mol. The van der Waals surface area contributed by atoms with Crippen molar-refractivity contribution in [3.05, 3.63) is 103 Å². The van der Waals surface area contributed by atoms with Crippen molar-refractivity contribution < 1.29 is 80.9 Å². The van der Waals surface area contributed by atoms with Gasteiger partial charge in [0.15, 0.2) is 24.6 Å². The van der Waals surface area contributed by atoms with E-state index < -0.39 is 97.6 Å². The maximum absolute atomic E-state index is 13.7. The van der Waals surface area contributed by atoms with Crippen LogP contribution >= 0.6 is 24.6 Å². The fourth-order valence-electron chi connectivity index (χ4n) is 6.65. The summed E-state index contributed by atoms with van der Waals surface area (Å²) in [4.78, 5) is 12.0. The Bertz CT molecular complexity index is 3730. The molecule has 0 aliphatic carbocycles. The zero-order valence-corrected chi connectivity index (χ0v) is 46.9. The number of sulfonamides is 4. The molecule has 0 aliphatic heterocycles. The van der Waals surface area contributed by atoms with Crippen LogP contribution in [-0.4, -0.2) is 132 Å². The molecule has 0 spiro atoms. The number of aromatic nitrogens is 3. The average molecular weight is 1260 g/mol. The molecule has 10 N–H and O–H groups in total. The third kappa shape index (κ3) is 19.0. The highest BCUT2D eigenvalue weighted by Crippen LogP contribution is 2.35. The molecule has 0 atom stereocenters. The van der Waals surface area contributed by atoms with Crippen LogP contribution in [0.25, 0.3) is 10.8 Å². The molecule has 0 saturated heterocycles. The standard InChI is InChI=1S/C40H46N12O19S8/c1-26-21-29(11-12-35(26)52-51-30-24-34-33(37(25-30)78(63,64)44-16-20-71-79(65,66)67)9-4-10-36(34)77(61,62)43-15-19-70-74(55)56)47-40-49-38(45-27-5-2-7-31(22-27)75(57,58)41-13-17-68-72-53)48-39(50-40)46-28-6-3-8-32(23-28)76(59,60)42-14-18-69-73-54/h2-12,21-25,41-44,53-54,74H,13-20H2,1H3,(H,65,66,67)(H3,45,46,47,48,49,50)/b52-51+. The van der Waals surface area contributed by atoms with Crippen molar-refractivity contribution in [1.29, 1.82) is 0 Å². The molecule has 79 heavy (non-hydrogen) atoms. The van der Waals surface area contributed by atoms with E-state index in [-0.39, 0.29) is 112 Å². The van der Waals surface area contributed by atoms with E-state index in [0.717, 1.165) is 12.1 Å². The molecular formula is C40H46N12O19S8. The first kappa shape index (κ1) is 62.5. The van der Waals surface area contributed by atoms with Gasteiger partial charge in [0.1, 0.15) is 0 Å². The van der Waals surface area contributed by atoms with Crippen LogP contribution in [0.15, 0.2) is 127 Å². The van der Waals surface area contributed by atoms with Crippen molar-refractivity contribution in [2.45, 2.75) is 26.5 Å². The lowest BCUT2D eigenvalue weighted by Crippen LogP contribution is -2.29. The smallest absolute Gasteiger partial charge is 0.324 e. The number of azo groups is 1. The topological polar surface area (TPSA) is 450 Å². The molecule has 6 rings (SSSR count). The number of nitrogens with zero attached hydrogens (tertiary/aromatic N) is 5. The Morgan fingerprint density at radius 3 is 1.52 bits per heavy atom. The number of hydrogen-bond donors (Lipinski definition) is 11. The van der Waals surface area contributed by atoms with Crippen LogP contribution in [0.3, 0.4) is 0 Å². The molecule has 0 amide bonds. The predicted octanol–water partition coefficient (Wildman–Crippen LogP) is 3.73. The van der Waals surface area contributed by atoms with E-state index in [1.807, 2.05) is 0 Å². The van der Waals surface area contributed by atoms with E-state index >= 15 is 0 Å². The van der Waals surface area contributed by atoms with Gasteiger partial charge in [-0.2, -0.15) is 33.6 Å². The lowest BCUT2D eigenvalue weighted by Gasteiger charge is -2.14. The van der Waals surface area contributed by atoms with E-state index in [4.69, 9.17) is 22.0 Å². The predicted molar refractivity (Wildman–Crippen MR) is 289 cm³/mol. The summed E-state index contributed by atoms with van der Waals surface area (Å²) in [5, 5.41) is 17.1. The lowest BCUT2D eigenvalue weighted by molar-refractivity contribution is 0.272. The highest BCUT2D eigenvalue weighted by atomic mass is 32.3. The number of benzene rings is 5. The van der Waals surface area contributed by atoms with Gasteiger partial charge in [0, 0.05) is 54.0 Å². The van der Waals surface area contributed by atoms with E-state index in [1.54, 1.807) is 13.0 Å². The fourth-order valence-corrected chi connectivity index (χ4v) is 12.1. The van der Waals surface area contributed by atoms with E-state index in [0.29, 0.717) is 11.3 Å². The van der Waals surface area contributed by atoms with Crippen LogP contribution < -0.4 is 34.8 Å². The largest absolute Gasteiger partial charge is 0.397 e. The Morgan fingerprint density at radius 2 is 1.01 bits per heavy atom. The van der Waals surface area contributed by atoms with Crippen LogP contribution in [0.1, 0.15) is 5.56 Å². The lowest BCUT2D eigenvalue weighted by atomic mass is 10.1. The molecule has 39 heteroatoms. The monoisotopic (exact) mass is 1250 g/mol. The second-order valence-corrected chi connectivity index (χ2v) is 25.0. The summed E-state index contributed by atoms with van der Waals surface area (Å²) in [5.41, 5.74) is 1.23. The highest BCUT2D eigenvalue weighted by molar-refractivity contribution is 7.91. The molecule has 31 nitrogen and oxygen atoms in total. The summed E-state index contributed by atoms with van der Waals surface area (Å²) >= 11 is 0.165. The van der Waals surface area contributed by atoms with Crippen molar-refractivity contribution in [1.82, 2.24) is 33.8 Å². The minimum Gasteiger partial charge on any atom is -0.324 e. The molecule has 0 radical (unpaired) electrons. The van der Waals surface area contributed by atoms with Gasteiger partial charge in [0.05, 0.1) is 57.4 Å². The van der Waals surface area contributed by atoms with Gasteiger partial charge in [-0.3, -0.25) is 17.1 Å². The molecule has 1 heterocycles. The minimum absolute atomic E-state index is 0.0826. The third-order valence-electron chi connectivity index (χ3n) is 9.92. The maximum Gasteiger partial charge on any atom is 0.397 e. The van der Waals surface area contributed by atoms with Crippen LogP contribution in [0, 0.1) is 6.92 Å². The zero-order chi connectivity index (χ0) is 57.4. The Kier molecular flexibility index (Phi) is 22.3. The van der Waals surface area contributed by atoms with Gasteiger partial charge >= 0.3 is 10.4 Å². The number of hydrogen-bond acceptors (Lipinski definition) is 28. The number of aryl methyl sites for hydroxylation is 1. The SMILES string of the molecule is Cc1cc(Nc2nc(Nc3cccc(S(=O)(=O)NCCOSO)c3)nc(Nc3cccc(S(=O)(=O)NCCOSO)c3)n2)ccc1/N=N/c1cc(S(=O)(=O)NCCOS(=O)(=O)O)c2cccc(S(=O)(=O)NCCO[SH](=O)=O)c2c1. The summed E-state index contributed by atoms with van der Waals surface area (Å²) in [5.74, 6) is -0.381. The van der Waals surface area contributed by atoms with Crippen LogP contribution in [0.5, 0.6) is 0 Å². The summed E-state index contributed by atoms with van der Waals surface area (Å²) < 4.78 is 204. The molecule has 0 unspecified atom stereocenters. The quantitative estimate of drug-likeness (QED) is 0.00942. The molecule has 5 aromatic carbocycles. The molecule has 6 aromatic rings. The minimum atomic E-state index is -4.93. The van der Waals surface area contributed by atoms with E-state index in [1.165, 1.54) is 78.9 Å². The summed E-state index contributed by atoms with van der Waals surface area (Å²) in [6.07, 6.45) is 0. The Labute approximate surface area is 462 Å². The normalized spacial score (nSPS) is 12.6. The van der Waals surface area contributed by atoms with Gasteiger partial charge < -0.3 is 25.1 Å². The first-order valence-corrected chi connectivity index (χ1v) is 31.8. The van der Waals surface area contributed by atoms with Crippen molar-refractivity contribution in [3.63, 3.8) is 0 Å². The summed E-state index contributed by atoms with van der Waals surface area (Å²) in [6.45, 7) is -1.49. The Morgan fingerprint density at radius 1 is 0.532 bits per heavy atom. The molecule has 1 aromatic heterocycles.